The van der Waals surface area contributed by atoms with E-state index in [0.717, 1.165) is 30.0 Å². The van der Waals surface area contributed by atoms with Crippen molar-refractivity contribution in [2.75, 3.05) is 27.3 Å². The van der Waals surface area contributed by atoms with Crippen LogP contribution in [0.1, 0.15) is 12.0 Å². The Morgan fingerprint density at radius 3 is 2.80 bits per heavy atom. The molecule has 0 N–H and O–H groups in total. The second-order valence-corrected chi connectivity index (χ2v) is 4.94. The van der Waals surface area contributed by atoms with E-state index in [2.05, 4.69) is 6.58 Å². The van der Waals surface area contributed by atoms with E-state index in [1.165, 1.54) is 0 Å². The lowest BCUT2D eigenvalue weighted by Gasteiger charge is -2.18. The molecule has 1 aliphatic heterocycles. The quantitative estimate of drug-likeness (QED) is 0.748. The molecule has 0 spiro atoms. The molecule has 1 saturated heterocycles. The molecule has 0 radical (unpaired) electrons. The zero-order valence-electron chi connectivity index (χ0n) is 12.1. The molecule has 0 aliphatic carbocycles. The number of rotatable bonds is 6. The number of para-hydroxylation sites is 1. The number of hydrogen-bond donors (Lipinski definition) is 0. The third-order valence-corrected chi connectivity index (χ3v) is 3.71. The maximum Gasteiger partial charge on any atom is 0.223 e. The van der Waals surface area contributed by atoms with Gasteiger partial charge in [0.25, 0.3) is 0 Å². The third kappa shape index (κ3) is 2.95. The Labute approximate surface area is 120 Å². The lowest BCUT2D eigenvalue weighted by molar-refractivity contribution is -0.127. The molecule has 4 nitrogen and oxygen atoms in total. The van der Waals surface area contributed by atoms with Crippen molar-refractivity contribution in [1.29, 1.82) is 0 Å². The van der Waals surface area contributed by atoms with Crippen molar-refractivity contribution in [2.24, 2.45) is 5.92 Å². The minimum atomic E-state index is 0.205. The molecule has 1 aromatic carbocycles. The van der Waals surface area contributed by atoms with Gasteiger partial charge in [-0.05, 0) is 18.1 Å². The molecule has 1 fully saturated rings. The van der Waals surface area contributed by atoms with Crippen molar-refractivity contribution in [2.45, 2.75) is 12.8 Å². The molecule has 4 heteroatoms. The average Bonchev–Trinajstić information content (AvgIpc) is 2.84. The zero-order valence-corrected chi connectivity index (χ0v) is 12.1. The van der Waals surface area contributed by atoms with E-state index in [0.29, 0.717) is 13.0 Å². The molecule has 1 unspecified atom stereocenters. The molecule has 0 aromatic heterocycles. The van der Waals surface area contributed by atoms with Crippen molar-refractivity contribution in [3.8, 4) is 11.5 Å². The fourth-order valence-corrected chi connectivity index (χ4v) is 2.58. The Hall–Kier alpha value is -1.97. The monoisotopic (exact) mass is 275 g/mol. The van der Waals surface area contributed by atoms with Crippen molar-refractivity contribution in [3.63, 3.8) is 0 Å². The predicted molar refractivity (Wildman–Crippen MR) is 78.1 cm³/mol. The van der Waals surface area contributed by atoms with Crippen LogP contribution in [0.4, 0.5) is 0 Å². The number of amides is 1. The number of nitrogens with zero attached hydrogens (tertiary/aromatic N) is 1. The van der Waals surface area contributed by atoms with Crippen molar-refractivity contribution < 1.29 is 14.3 Å². The van der Waals surface area contributed by atoms with Gasteiger partial charge in [-0.15, -0.1) is 6.58 Å². The van der Waals surface area contributed by atoms with Crippen LogP contribution in [0.2, 0.25) is 0 Å². The van der Waals surface area contributed by atoms with Crippen LogP contribution in [-0.4, -0.2) is 38.1 Å². The summed E-state index contributed by atoms with van der Waals surface area (Å²) in [5, 5.41) is 0. The lowest BCUT2D eigenvalue weighted by Crippen LogP contribution is -2.27. The second kappa shape index (κ2) is 6.46. The fourth-order valence-electron chi connectivity index (χ4n) is 2.58. The van der Waals surface area contributed by atoms with Crippen molar-refractivity contribution in [1.82, 2.24) is 4.90 Å². The Morgan fingerprint density at radius 2 is 2.20 bits per heavy atom. The maximum atomic E-state index is 11.9. The number of ether oxygens (including phenoxy) is 2. The van der Waals surface area contributed by atoms with E-state index >= 15 is 0 Å². The fraction of sp³-hybridized carbons (Fsp3) is 0.438. The average molecular weight is 275 g/mol. The van der Waals surface area contributed by atoms with Gasteiger partial charge in [0.15, 0.2) is 11.5 Å². The number of methoxy groups -OCH3 is 2. The summed E-state index contributed by atoms with van der Waals surface area (Å²) in [6, 6.07) is 5.82. The van der Waals surface area contributed by atoms with Gasteiger partial charge in [-0.2, -0.15) is 0 Å². The highest BCUT2D eigenvalue weighted by molar-refractivity contribution is 5.79. The number of carbonyl (C=O) groups excluding carboxylic acids is 1. The molecule has 1 amide bonds. The Kier molecular flexibility index (Phi) is 4.66. The van der Waals surface area contributed by atoms with Crippen LogP contribution in [0.25, 0.3) is 0 Å². The summed E-state index contributed by atoms with van der Waals surface area (Å²) >= 11 is 0. The summed E-state index contributed by atoms with van der Waals surface area (Å²) in [5.74, 6) is 1.97. The zero-order chi connectivity index (χ0) is 14.5. The van der Waals surface area contributed by atoms with Gasteiger partial charge < -0.3 is 14.4 Å². The van der Waals surface area contributed by atoms with Crippen LogP contribution in [0.15, 0.2) is 30.9 Å². The summed E-state index contributed by atoms with van der Waals surface area (Å²) < 4.78 is 10.7. The second-order valence-electron chi connectivity index (χ2n) is 4.94. The molecule has 108 valence electrons. The SMILES string of the molecule is C=CC1CC(=O)N(CCc2cccc(OC)c2OC)C1. The van der Waals surface area contributed by atoms with E-state index in [4.69, 9.17) is 9.47 Å². The molecule has 1 heterocycles. The summed E-state index contributed by atoms with van der Waals surface area (Å²) in [6.45, 7) is 5.24. The standard InChI is InChI=1S/C16H21NO3/c1-4-12-10-15(18)17(11-12)9-8-13-6-5-7-14(19-2)16(13)20-3/h4-7,12H,1,8-11H2,2-3H3. The van der Waals surface area contributed by atoms with Gasteiger partial charge in [-0.25, -0.2) is 0 Å². The first-order chi connectivity index (χ1) is 9.69. The molecule has 1 aromatic rings. The summed E-state index contributed by atoms with van der Waals surface area (Å²) in [5.41, 5.74) is 1.06. The van der Waals surface area contributed by atoms with Crippen LogP contribution in [0.5, 0.6) is 11.5 Å². The number of hydrogen-bond acceptors (Lipinski definition) is 3. The highest BCUT2D eigenvalue weighted by atomic mass is 16.5. The van der Waals surface area contributed by atoms with Crippen LogP contribution < -0.4 is 9.47 Å². The predicted octanol–water partition coefficient (Wildman–Crippen LogP) is 2.28. The first-order valence-electron chi connectivity index (χ1n) is 6.79. The first kappa shape index (κ1) is 14.4. The first-order valence-corrected chi connectivity index (χ1v) is 6.79. The van der Waals surface area contributed by atoms with Crippen molar-refractivity contribution in [3.05, 3.63) is 36.4 Å². The van der Waals surface area contributed by atoms with Crippen LogP contribution >= 0.6 is 0 Å². The minimum absolute atomic E-state index is 0.205. The Morgan fingerprint density at radius 1 is 1.40 bits per heavy atom. The van der Waals surface area contributed by atoms with Crippen LogP contribution in [-0.2, 0) is 11.2 Å². The number of likely N-dealkylation sites (tertiary alicyclic amines) is 1. The topological polar surface area (TPSA) is 38.8 Å². The molecule has 0 bridgehead atoms. The summed E-state index contributed by atoms with van der Waals surface area (Å²) in [4.78, 5) is 13.8. The number of benzene rings is 1. The molecule has 1 aliphatic rings. The van der Waals surface area contributed by atoms with E-state index < -0.39 is 0 Å². The van der Waals surface area contributed by atoms with Gasteiger partial charge in [-0.1, -0.05) is 18.2 Å². The summed E-state index contributed by atoms with van der Waals surface area (Å²) in [6.07, 6.45) is 3.21. The third-order valence-electron chi connectivity index (χ3n) is 3.71. The normalized spacial score (nSPS) is 18.2. The molecule has 2 rings (SSSR count). The Balaban J connectivity index is 2.04. The summed E-state index contributed by atoms with van der Waals surface area (Å²) in [7, 11) is 3.26. The van der Waals surface area contributed by atoms with Gasteiger partial charge >= 0.3 is 0 Å². The van der Waals surface area contributed by atoms with Gasteiger partial charge in [0.1, 0.15) is 0 Å². The van der Waals surface area contributed by atoms with E-state index in [9.17, 15) is 4.79 Å². The van der Waals surface area contributed by atoms with Crippen molar-refractivity contribution >= 4 is 5.91 Å². The lowest BCUT2D eigenvalue weighted by atomic mass is 10.1. The highest BCUT2D eigenvalue weighted by Crippen LogP contribution is 2.31. The largest absolute Gasteiger partial charge is 0.493 e. The van der Waals surface area contributed by atoms with Gasteiger partial charge in [0.05, 0.1) is 14.2 Å². The van der Waals surface area contributed by atoms with Gasteiger partial charge in [-0.3, -0.25) is 4.79 Å². The number of carbonyl (C=O) groups is 1. The van der Waals surface area contributed by atoms with E-state index in [-0.39, 0.29) is 11.8 Å². The van der Waals surface area contributed by atoms with Gasteiger partial charge in [0.2, 0.25) is 5.91 Å². The molecule has 1 atom stereocenters. The van der Waals surface area contributed by atoms with E-state index in [1.54, 1.807) is 14.2 Å². The smallest absolute Gasteiger partial charge is 0.223 e. The molecule has 0 saturated carbocycles. The Bertz CT molecular complexity index is 498. The van der Waals surface area contributed by atoms with Crippen LogP contribution in [0, 0.1) is 5.92 Å². The van der Waals surface area contributed by atoms with E-state index in [1.807, 2.05) is 29.2 Å². The highest BCUT2D eigenvalue weighted by Gasteiger charge is 2.27. The maximum absolute atomic E-state index is 11.9. The molecule has 20 heavy (non-hydrogen) atoms. The molecular formula is C16H21NO3. The minimum Gasteiger partial charge on any atom is -0.493 e. The van der Waals surface area contributed by atoms with Crippen LogP contribution in [0.3, 0.4) is 0 Å². The molecular weight excluding hydrogens is 254 g/mol. The van der Waals surface area contributed by atoms with Gasteiger partial charge in [0, 0.05) is 25.4 Å².